The molecule has 0 saturated carbocycles. The average Bonchev–Trinajstić information content (AvgIpc) is 2.25. The summed E-state index contributed by atoms with van der Waals surface area (Å²) in [6.45, 7) is 9.09. The van der Waals surface area contributed by atoms with E-state index in [-0.39, 0.29) is 11.5 Å². The van der Waals surface area contributed by atoms with Crippen LogP contribution in [0.1, 0.15) is 40.5 Å². The Bertz CT molecular complexity index is 366. The van der Waals surface area contributed by atoms with E-state index in [1.165, 1.54) is 6.08 Å². The molecule has 0 N–H and O–H groups in total. The molecule has 0 unspecified atom stereocenters. The lowest BCUT2D eigenvalue weighted by Crippen LogP contribution is -2.43. The van der Waals surface area contributed by atoms with E-state index in [2.05, 4.69) is 6.92 Å². The predicted molar refractivity (Wildman–Crippen MR) is 69.9 cm³/mol. The lowest BCUT2D eigenvalue weighted by molar-refractivity contribution is 0.0155. The second-order valence-corrected chi connectivity index (χ2v) is 6.08. The standard InChI is InChI=1S/C14H22N2O2/c1-13(2,3)18-12(17)16-10-7-14(4,8-11-16)6-5-9-15/h5-6H,7-8,10-11H2,1-4H3/b6-5+. The van der Waals surface area contributed by atoms with Crippen molar-refractivity contribution in [2.45, 2.75) is 46.1 Å². The van der Waals surface area contributed by atoms with E-state index >= 15 is 0 Å². The van der Waals surface area contributed by atoms with Crippen molar-refractivity contribution >= 4 is 6.09 Å². The summed E-state index contributed by atoms with van der Waals surface area (Å²) in [6.07, 6.45) is 4.96. The van der Waals surface area contributed by atoms with Gasteiger partial charge in [0.15, 0.2) is 0 Å². The maximum absolute atomic E-state index is 11.9. The van der Waals surface area contributed by atoms with Crippen LogP contribution in [0.3, 0.4) is 0 Å². The highest BCUT2D eigenvalue weighted by molar-refractivity contribution is 5.68. The van der Waals surface area contributed by atoms with Crippen LogP contribution >= 0.6 is 0 Å². The largest absolute Gasteiger partial charge is 0.444 e. The van der Waals surface area contributed by atoms with E-state index in [1.54, 1.807) is 4.90 Å². The second-order valence-electron chi connectivity index (χ2n) is 6.08. The van der Waals surface area contributed by atoms with Crippen molar-refractivity contribution in [3.63, 3.8) is 0 Å². The van der Waals surface area contributed by atoms with Gasteiger partial charge in [-0.3, -0.25) is 0 Å². The minimum absolute atomic E-state index is 0.0221. The van der Waals surface area contributed by atoms with Gasteiger partial charge in [0, 0.05) is 19.2 Å². The Labute approximate surface area is 109 Å². The van der Waals surface area contributed by atoms with Crippen molar-refractivity contribution in [1.82, 2.24) is 4.90 Å². The van der Waals surface area contributed by atoms with Crippen LogP contribution in [0.2, 0.25) is 0 Å². The first-order chi connectivity index (χ1) is 8.26. The fraction of sp³-hybridized carbons (Fsp3) is 0.714. The zero-order chi connectivity index (χ0) is 13.8. The van der Waals surface area contributed by atoms with Gasteiger partial charge in [-0.25, -0.2) is 4.79 Å². The van der Waals surface area contributed by atoms with Gasteiger partial charge in [-0.1, -0.05) is 13.0 Å². The minimum Gasteiger partial charge on any atom is -0.444 e. The number of likely N-dealkylation sites (tertiary alicyclic amines) is 1. The van der Waals surface area contributed by atoms with Crippen LogP contribution in [-0.2, 0) is 4.74 Å². The van der Waals surface area contributed by atoms with Gasteiger partial charge in [0.05, 0.1) is 6.07 Å². The molecule has 4 heteroatoms. The normalized spacial score (nSPS) is 19.6. The lowest BCUT2D eigenvalue weighted by Gasteiger charge is -2.37. The highest BCUT2D eigenvalue weighted by Gasteiger charge is 2.31. The Morgan fingerprint density at radius 3 is 2.39 bits per heavy atom. The first-order valence-corrected chi connectivity index (χ1v) is 6.31. The summed E-state index contributed by atoms with van der Waals surface area (Å²) in [6, 6.07) is 2.02. The number of nitrogens with zero attached hydrogens (tertiary/aromatic N) is 2. The first kappa shape index (κ1) is 14.6. The molecule has 18 heavy (non-hydrogen) atoms. The van der Waals surface area contributed by atoms with E-state index in [0.29, 0.717) is 13.1 Å². The number of nitriles is 1. The lowest BCUT2D eigenvalue weighted by atomic mass is 9.80. The summed E-state index contributed by atoms with van der Waals surface area (Å²) < 4.78 is 5.34. The molecule has 0 aromatic carbocycles. The monoisotopic (exact) mass is 250 g/mol. The van der Waals surface area contributed by atoms with Crippen LogP contribution < -0.4 is 0 Å². The number of piperidine rings is 1. The Hall–Kier alpha value is -1.50. The fourth-order valence-corrected chi connectivity index (χ4v) is 1.93. The molecular formula is C14H22N2O2. The number of hydrogen-bond acceptors (Lipinski definition) is 3. The molecule has 1 rings (SSSR count). The van der Waals surface area contributed by atoms with Crippen LogP contribution in [0.4, 0.5) is 4.79 Å². The first-order valence-electron chi connectivity index (χ1n) is 6.31. The maximum atomic E-state index is 11.9. The third-order valence-corrected chi connectivity index (χ3v) is 3.12. The fourth-order valence-electron chi connectivity index (χ4n) is 1.93. The Morgan fingerprint density at radius 2 is 1.94 bits per heavy atom. The van der Waals surface area contributed by atoms with Gasteiger partial charge in [-0.2, -0.15) is 5.26 Å². The predicted octanol–water partition coefficient (Wildman–Crippen LogP) is 3.10. The number of ether oxygens (including phenoxy) is 1. The molecule has 0 bridgehead atoms. The average molecular weight is 250 g/mol. The van der Waals surface area contributed by atoms with Crippen molar-refractivity contribution in [2.24, 2.45) is 5.41 Å². The van der Waals surface area contributed by atoms with E-state index < -0.39 is 5.60 Å². The van der Waals surface area contributed by atoms with Crippen LogP contribution in [0.5, 0.6) is 0 Å². The third-order valence-electron chi connectivity index (χ3n) is 3.12. The summed E-state index contributed by atoms with van der Waals surface area (Å²) in [5.74, 6) is 0. The smallest absolute Gasteiger partial charge is 0.410 e. The minimum atomic E-state index is -0.446. The number of carbonyl (C=O) groups is 1. The summed E-state index contributed by atoms with van der Waals surface area (Å²) in [4.78, 5) is 13.6. The highest BCUT2D eigenvalue weighted by Crippen LogP contribution is 2.32. The molecule has 1 aliphatic heterocycles. The van der Waals surface area contributed by atoms with Gasteiger partial charge >= 0.3 is 6.09 Å². The zero-order valence-corrected chi connectivity index (χ0v) is 11.7. The van der Waals surface area contributed by atoms with Gasteiger partial charge < -0.3 is 9.64 Å². The number of hydrogen-bond donors (Lipinski definition) is 0. The molecule has 0 atom stereocenters. The molecule has 1 heterocycles. The number of allylic oxidation sites excluding steroid dienone is 2. The van der Waals surface area contributed by atoms with Crippen molar-refractivity contribution in [3.8, 4) is 6.07 Å². The highest BCUT2D eigenvalue weighted by atomic mass is 16.6. The van der Waals surface area contributed by atoms with Gasteiger partial charge in [-0.05, 0) is 39.0 Å². The number of carbonyl (C=O) groups excluding carboxylic acids is 1. The Balaban J connectivity index is 2.52. The molecular weight excluding hydrogens is 228 g/mol. The maximum Gasteiger partial charge on any atom is 0.410 e. The molecule has 1 amide bonds. The van der Waals surface area contributed by atoms with Crippen LogP contribution in [0, 0.1) is 16.7 Å². The Morgan fingerprint density at radius 1 is 1.39 bits per heavy atom. The van der Waals surface area contributed by atoms with Gasteiger partial charge in [0.1, 0.15) is 5.60 Å². The molecule has 1 aliphatic rings. The van der Waals surface area contributed by atoms with E-state index in [1.807, 2.05) is 32.9 Å². The van der Waals surface area contributed by atoms with E-state index in [0.717, 1.165) is 12.8 Å². The molecule has 4 nitrogen and oxygen atoms in total. The van der Waals surface area contributed by atoms with Crippen molar-refractivity contribution in [1.29, 1.82) is 5.26 Å². The number of rotatable bonds is 1. The zero-order valence-electron chi connectivity index (χ0n) is 11.7. The van der Waals surface area contributed by atoms with Crippen LogP contribution in [0.25, 0.3) is 0 Å². The summed E-state index contributed by atoms with van der Waals surface area (Å²) in [5, 5.41) is 8.56. The topological polar surface area (TPSA) is 53.3 Å². The number of amides is 1. The van der Waals surface area contributed by atoms with Crippen LogP contribution in [0.15, 0.2) is 12.2 Å². The third kappa shape index (κ3) is 4.40. The summed E-state index contributed by atoms with van der Waals surface area (Å²) in [5.41, 5.74) is -0.424. The molecule has 1 saturated heterocycles. The summed E-state index contributed by atoms with van der Waals surface area (Å²) in [7, 11) is 0. The molecule has 0 aliphatic carbocycles. The molecule has 0 radical (unpaired) electrons. The quantitative estimate of drug-likeness (QED) is 0.672. The SMILES string of the molecule is CC1(/C=C/C#N)CCN(C(=O)OC(C)(C)C)CC1. The molecule has 0 spiro atoms. The van der Waals surface area contributed by atoms with Gasteiger partial charge in [-0.15, -0.1) is 0 Å². The Kier molecular flexibility index (Phi) is 4.39. The molecule has 0 aromatic rings. The van der Waals surface area contributed by atoms with Crippen LogP contribution in [-0.4, -0.2) is 29.7 Å². The molecule has 0 aromatic heterocycles. The molecule has 1 fully saturated rings. The summed E-state index contributed by atoms with van der Waals surface area (Å²) >= 11 is 0. The van der Waals surface area contributed by atoms with E-state index in [4.69, 9.17) is 10.00 Å². The second kappa shape index (κ2) is 5.43. The van der Waals surface area contributed by atoms with Gasteiger partial charge in [0.25, 0.3) is 0 Å². The van der Waals surface area contributed by atoms with E-state index in [9.17, 15) is 4.79 Å². The van der Waals surface area contributed by atoms with Gasteiger partial charge in [0.2, 0.25) is 0 Å². The van der Waals surface area contributed by atoms with Crippen molar-refractivity contribution < 1.29 is 9.53 Å². The van der Waals surface area contributed by atoms with Crippen molar-refractivity contribution in [2.75, 3.05) is 13.1 Å². The van der Waals surface area contributed by atoms with Crippen molar-refractivity contribution in [3.05, 3.63) is 12.2 Å². The molecule has 100 valence electrons.